The first-order valence-corrected chi connectivity index (χ1v) is 8.66. The third-order valence-corrected chi connectivity index (χ3v) is 4.08. The maximum absolute atomic E-state index is 12.3. The molecule has 0 spiro atoms. The quantitative estimate of drug-likeness (QED) is 0.725. The van der Waals surface area contributed by atoms with Crippen molar-refractivity contribution < 1.29 is 9.59 Å². The smallest absolute Gasteiger partial charge is 0.257 e. The Hall–Kier alpha value is -2.73. The maximum atomic E-state index is 12.3. The van der Waals surface area contributed by atoms with E-state index in [1.165, 1.54) is 0 Å². The Labute approximate surface area is 159 Å². The molecule has 0 aliphatic carbocycles. The summed E-state index contributed by atoms with van der Waals surface area (Å²) in [4.78, 5) is 23.8. The van der Waals surface area contributed by atoms with Gasteiger partial charge in [-0.2, -0.15) is 0 Å². The monoisotopic (exact) mass is 369 g/mol. The van der Waals surface area contributed by atoms with Gasteiger partial charge >= 0.3 is 0 Å². The molecule has 3 N–H and O–H groups in total. The van der Waals surface area contributed by atoms with Crippen LogP contribution in [0.2, 0.25) is 0 Å². The number of benzene rings is 2. The minimum Gasteiger partial charge on any atom is -0.355 e. The second-order valence-corrected chi connectivity index (χ2v) is 7.30. The van der Waals surface area contributed by atoms with Crippen LogP contribution in [-0.2, 0) is 5.41 Å². The molecule has 0 unspecified atom stereocenters. The fourth-order valence-electron chi connectivity index (χ4n) is 2.31. The van der Waals surface area contributed by atoms with Crippen molar-refractivity contribution in [3.05, 3.63) is 65.2 Å². The first kappa shape index (κ1) is 19.6. The third-order valence-electron chi connectivity index (χ3n) is 3.87. The highest BCUT2D eigenvalue weighted by Gasteiger charge is 2.14. The van der Waals surface area contributed by atoms with E-state index in [1.807, 2.05) is 12.1 Å². The molecule has 26 heavy (non-hydrogen) atoms. The van der Waals surface area contributed by atoms with Gasteiger partial charge < -0.3 is 10.6 Å². The average molecular weight is 369 g/mol. The van der Waals surface area contributed by atoms with Crippen molar-refractivity contribution in [1.29, 1.82) is 0 Å². The molecule has 2 aromatic carbocycles. The van der Waals surface area contributed by atoms with Gasteiger partial charge in [0.1, 0.15) is 0 Å². The number of nitrogens with one attached hydrogen (secondary N) is 3. The summed E-state index contributed by atoms with van der Waals surface area (Å²) in [6, 6.07) is 14.3. The van der Waals surface area contributed by atoms with Gasteiger partial charge in [0.05, 0.1) is 0 Å². The second-order valence-electron chi connectivity index (χ2n) is 6.89. The molecular formula is C20H23N3O2S. The number of anilines is 1. The van der Waals surface area contributed by atoms with Crippen LogP contribution in [0.5, 0.6) is 0 Å². The van der Waals surface area contributed by atoms with Gasteiger partial charge in [-0.1, -0.05) is 32.9 Å². The van der Waals surface area contributed by atoms with E-state index in [-0.39, 0.29) is 22.3 Å². The molecule has 136 valence electrons. The highest BCUT2D eigenvalue weighted by molar-refractivity contribution is 7.80. The predicted molar refractivity (Wildman–Crippen MR) is 109 cm³/mol. The zero-order chi connectivity index (χ0) is 19.3. The Balaban J connectivity index is 1.96. The molecule has 0 saturated heterocycles. The van der Waals surface area contributed by atoms with E-state index >= 15 is 0 Å². The van der Waals surface area contributed by atoms with Crippen LogP contribution in [0.15, 0.2) is 48.5 Å². The fourth-order valence-corrected chi connectivity index (χ4v) is 2.52. The Morgan fingerprint density at radius 3 is 1.85 bits per heavy atom. The molecular weight excluding hydrogens is 346 g/mol. The molecule has 0 aromatic heterocycles. The lowest BCUT2D eigenvalue weighted by atomic mass is 9.87. The molecule has 2 amide bonds. The van der Waals surface area contributed by atoms with Crippen LogP contribution in [0.1, 0.15) is 47.1 Å². The number of carbonyl (C=O) groups excluding carboxylic acids is 2. The molecule has 5 nitrogen and oxygen atoms in total. The van der Waals surface area contributed by atoms with Gasteiger partial charge in [0, 0.05) is 23.9 Å². The summed E-state index contributed by atoms with van der Waals surface area (Å²) in [5, 5.41) is 8.34. The minimum atomic E-state index is -0.273. The molecule has 0 atom stereocenters. The standard InChI is InChI=1S/C20H23N3O2S/c1-20(2,3)15-9-5-14(6-10-15)18(25)23-19(26)22-16-11-7-13(8-12-16)17(24)21-4/h5-12H,1-4H3,(H,21,24)(H2,22,23,25,26). The Morgan fingerprint density at radius 2 is 1.35 bits per heavy atom. The lowest BCUT2D eigenvalue weighted by Gasteiger charge is -2.19. The van der Waals surface area contributed by atoms with E-state index in [0.717, 1.165) is 5.56 Å². The van der Waals surface area contributed by atoms with Crippen LogP contribution >= 0.6 is 12.2 Å². The van der Waals surface area contributed by atoms with Crippen LogP contribution in [0.4, 0.5) is 5.69 Å². The average Bonchev–Trinajstić information content (AvgIpc) is 2.61. The first-order chi connectivity index (χ1) is 12.2. The molecule has 6 heteroatoms. The predicted octanol–water partition coefficient (Wildman–Crippen LogP) is 3.47. The molecule has 0 aliphatic rings. The Kier molecular flexibility index (Phi) is 6.10. The number of hydrogen-bond acceptors (Lipinski definition) is 3. The summed E-state index contributed by atoms with van der Waals surface area (Å²) >= 11 is 5.18. The van der Waals surface area contributed by atoms with Crippen molar-refractivity contribution in [1.82, 2.24) is 10.6 Å². The molecule has 0 aliphatic heterocycles. The summed E-state index contributed by atoms with van der Waals surface area (Å²) in [5.74, 6) is -0.434. The Bertz CT molecular complexity index is 806. The molecule has 0 fully saturated rings. The molecule has 2 aromatic rings. The van der Waals surface area contributed by atoms with Crippen molar-refractivity contribution in [2.75, 3.05) is 12.4 Å². The van der Waals surface area contributed by atoms with E-state index in [2.05, 4.69) is 36.7 Å². The van der Waals surface area contributed by atoms with Crippen molar-refractivity contribution in [3.8, 4) is 0 Å². The molecule has 2 rings (SSSR count). The molecule has 0 saturated carbocycles. The maximum Gasteiger partial charge on any atom is 0.257 e. The molecule has 0 radical (unpaired) electrons. The van der Waals surface area contributed by atoms with Gasteiger partial charge in [0.25, 0.3) is 11.8 Å². The van der Waals surface area contributed by atoms with Crippen LogP contribution in [0.3, 0.4) is 0 Å². The van der Waals surface area contributed by atoms with Crippen molar-refractivity contribution >= 4 is 34.8 Å². The van der Waals surface area contributed by atoms with Gasteiger partial charge in [0.2, 0.25) is 0 Å². The van der Waals surface area contributed by atoms with Gasteiger partial charge in [-0.25, -0.2) is 0 Å². The summed E-state index contributed by atoms with van der Waals surface area (Å²) in [7, 11) is 1.58. The molecule has 0 bridgehead atoms. The Morgan fingerprint density at radius 1 is 0.846 bits per heavy atom. The lowest BCUT2D eigenvalue weighted by Crippen LogP contribution is -2.34. The highest BCUT2D eigenvalue weighted by atomic mass is 32.1. The van der Waals surface area contributed by atoms with Gasteiger partial charge in [-0.05, 0) is 59.6 Å². The summed E-state index contributed by atoms with van der Waals surface area (Å²) < 4.78 is 0. The topological polar surface area (TPSA) is 70.2 Å². The van der Waals surface area contributed by atoms with E-state index in [1.54, 1.807) is 43.4 Å². The summed E-state index contributed by atoms with van der Waals surface area (Å²) in [6.07, 6.45) is 0. The van der Waals surface area contributed by atoms with E-state index in [4.69, 9.17) is 12.2 Å². The van der Waals surface area contributed by atoms with Crippen LogP contribution < -0.4 is 16.0 Å². The zero-order valence-corrected chi connectivity index (χ0v) is 16.2. The zero-order valence-electron chi connectivity index (χ0n) is 15.3. The number of rotatable bonds is 3. The van der Waals surface area contributed by atoms with Crippen molar-refractivity contribution in [2.45, 2.75) is 26.2 Å². The summed E-state index contributed by atoms with van der Waals surface area (Å²) in [6.45, 7) is 6.36. The number of amides is 2. The van der Waals surface area contributed by atoms with Crippen LogP contribution in [-0.4, -0.2) is 24.0 Å². The van der Waals surface area contributed by atoms with Crippen molar-refractivity contribution in [2.24, 2.45) is 0 Å². The van der Waals surface area contributed by atoms with E-state index in [9.17, 15) is 9.59 Å². The number of hydrogen-bond donors (Lipinski definition) is 3. The van der Waals surface area contributed by atoms with Crippen LogP contribution in [0, 0.1) is 0 Å². The number of thiocarbonyl (C=S) groups is 1. The third kappa shape index (κ3) is 5.13. The largest absolute Gasteiger partial charge is 0.355 e. The second kappa shape index (κ2) is 8.10. The SMILES string of the molecule is CNC(=O)c1ccc(NC(=S)NC(=O)c2ccc(C(C)(C)C)cc2)cc1. The van der Waals surface area contributed by atoms with Crippen molar-refractivity contribution in [3.63, 3.8) is 0 Å². The van der Waals surface area contributed by atoms with Crippen LogP contribution in [0.25, 0.3) is 0 Å². The van der Waals surface area contributed by atoms with Gasteiger partial charge in [-0.3, -0.25) is 14.9 Å². The van der Waals surface area contributed by atoms with E-state index < -0.39 is 0 Å². The van der Waals surface area contributed by atoms with E-state index in [0.29, 0.717) is 16.8 Å². The first-order valence-electron chi connectivity index (χ1n) is 8.26. The minimum absolute atomic E-state index is 0.0344. The fraction of sp³-hybridized carbons (Fsp3) is 0.250. The number of carbonyl (C=O) groups is 2. The summed E-state index contributed by atoms with van der Waals surface area (Å²) in [5.41, 5.74) is 2.97. The highest BCUT2D eigenvalue weighted by Crippen LogP contribution is 2.22. The van der Waals surface area contributed by atoms with Gasteiger partial charge in [0.15, 0.2) is 5.11 Å². The normalized spacial score (nSPS) is 10.8. The lowest BCUT2D eigenvalue weighted by molar-refractivity contribution is 0.0959. The van der Waals surface area contributed by atoms with Gasteiger partial charge in [-0.15, -0.1) is 0 Å². The molecule has 0 heterocycles.